The fraction of sp³-hybridized carbons (Fsp3) is 0.643. The summed E-state index contributed by atoms with van der Waals surface area (Å²) in [5.74, 6) is 1.03. The molecule has 0 amide bonds. The van der Waals surface area contributed by atoms with Crippen LogP contribution in [-0.4, -0.2) is 61.1 Å². The van der Waals surface area contributed by atoms with Gasteiger partial charge in [-0.05, 0) is 25.1 Å². The van der Waals surface area contributed by atoms with Gasteiger partial charge in [-0.1, -0.05) is 6.07 Å². The van der Waals surface area contributed by atoms with E-state index in [1.165, 1.54) is 25.1 Å². The Morgan fingerprint density at radius 2 is 2.00 bits per heavy atom. The van der Waals surface area contributed by atoms with Crippen molar-refractivity contribution in [1.82, 2.24) is 14.8 Å². The number of fused-ring (bicyclic) bond motifs is 2. The first-order valence-electron chi connectivity index (χ1n) is 6.70. The standard InChI is InChI=1S/C14H22N4/c1-16(2)14-5-4-11(7-15-14)8-18-12-6-13(18)10-17(3)9-12/h4-5,7,12-13H,6,8-10H2,1-3H3. The third-order valence-corrected chi connectivity index (χ3v) is 4.16. The highest BCUT2D eigenvalue weighted by molar-refractivity contribution is 5.37. The lowest BCUT2D eigenvalue weighted by Crippen LogP contribution is -2.67. The van der Waals surface area contributed by atoms with Crippen LogP contribution in [0.3, 0.4) is 0 Å². The van der Waals surface area contributed by atoms with Crippen LogP contribution in [0.5, 0.6) is 0 Å². The Kier molecular flexibility index (Phi) is 2.99. The summed E-state index contributed by atoms with van der Waals surface area (Å²) in [4.78, 5) is 11.6. The van der Waals surface area contributed by atoms with E-state index in [0.717, 1.165) is 24.4 Å². The molecule has 0 radical (unpaired) electrons. The number of nitrogens with zero attached hydrogens (tertiary/aromatic N) is 4. The van der Waals surface area contributed by atoms with Crippen LogP contribution >= 0.6 is 0 Å². The highest BCUT2D eigenvalue weighted by Gasteiger charge is 2.43. The van der Waals surface area contributed by atoms with E-state index in [1.807, 2.05) is 25.2 Å². The minimum Gasteiger partial charge on any atom is -0.363 e. The molecule has 4 nitrogen and oxygen atoms in total. The summed E-state index contributed by atoms with van der Waals surface area (Å²) in [6.07, 6.45) is 3.40. The van der Waals surface area contributed by atoms with Crippen molar-refractivity contribution in [2.24, 2.45) is 0 Å². The van der Waals surface area contributed by atoms with Gasteiger partial charge in [-0.2, -0.15) is 0 Å². The Morgan fingerprint density at radius 3 is 2.56 bits per heavy atom. The van der Waals surface area contributed by atoms with Crippen LogP contribution in [0.15, 0.2) is 18.3 Å². The number of aromatic nitrogens is 1. The molecule has 2 bridgehead atoms. The van der Waals surface area contributed by atoms with Gasteiger partial charge in [-0.3, -0.25) is 4.90 Å². The van der Waals surface area contributed by atoms with E-state index in [2.05, 4.69) is 34.0 Å². The molecule has 4 heteroatoms. The van der Waals surface area contributed by atoms with E-state index in [4.69, 9.17) is 0 Å². The van der Waals surface area contributed by atoms with Gasteiger partial charge in [0, 0.05) is 52.0 Å². The molecule has 4 heterocycles. The molecule has 18 heavy (non-hydrogen) atoms. The highest BCUT2D eigenvalue weighted by Crippen LogP contribution is 2.32. The molecular weight excluding hydrogens is 224 g/mol. The van der Waals surface area contributed by atoms with Gasteiger partial charge >= 0.3 is 0 Å². The number of piperazine rings is 1. The van der Waals surface area contributed by atoms with Crippen LogP contribution < -0.4 is 4.90 Å². The Balaban J connectivity index is 1.64. The van der Waals surface area contributed by atoms with Gasteiger partial charge in [0.2, 0.25) is 0 Å². The minimum atomic E-state index is 0.766. The fourth-order valence-electron chi connectivity index (χ4n) is 3.14. The van der Waals surface area contributed by atoms with E-state index >= 15 is 0 Å². The maximum atomic E-state index is 4.49. The van der Waals surface area contributed by atoms with Crippen molar-refractivity contribution in [3.05, 3.63) is 23.9 Å². The van der Waals surface area contributed by atoms with Gasteiger partial charge in [-0.25, -0.2) is 4.98 Å². The number of pyridine rings is 1. The minimum absolute atomic E-state index is 0.766. The van der Waals surface area contributed by atoms with Crippen molar-refractivity contribution in [3.63, 3.8) is 0 Å². The summed E-state index contributed by atoms with van der Waals surface area (Å²) in [5.41, 5.74) is 1.33. The van der Waals surface area contributed by atoms with Crippen LogP contribution in [0.25, 0.3) is 0 Å². The van der Waals surface area contributed by atoms with Crippen LogP contribution in [0, 0.1) is 0 Å². The molecule has 3 saturated heterocycles. The first-order chi connectivity index (χ1) is 8.63. The van der Waals surface area contributed by atoms with Gasteiger partial charge < -0.3 is 9.80 Å². The lowest BCUT2D eigenvalue weighted by Gasteiger charge is -2.55. The second-order valence-electron chi connectivity index (χ2n) is 5.86. The zero-order valence-electron chi connectivity index (χ0n) is 11.5. The van der Waals surface area contributed by atoms with E-state index in [0.29, 0.717) is 0 Å². The van der Waals surface area contributed by atoms with Crippen LogP contribution in [0.1, 0.15) is 12.0 Å². The molecule has 2 unspecified atom stereocenters. The number of piperidine rings is 1. The normalized spacial score (nSPS) is 27.9. The lowest BCUT2D eigenvalue weighted by atomic mass is 9.87. The molecule has 0 saturated carbocycles. The first-order valence-corrected chi connectivity index (χ1v) is 6.70. The molecule has 3 aliphatic rings. The topological polar surface area (TPSA) is 22.6 Å². The number of anilines is 1. The molecule has 2 atom stereocenters. The van der Waals surface area contributed by atoms with Gasteiger partial charge in [0.15, 0.2) is 0 Å². The molecule has 0 N–H and O–H groups in total. The number of likely N-dealkylation sites (N-methyl/N-ethyl adjacent to an activating group) is 1. The monoisotopic (exact) mass is 246 g/mol. The average molecular weight is 246 g/mol. The van der Waals surface area contributed by atoms with Crippen LogP contribution in [0.2, 0.25) is 0 Å². The Morgan fingerprint density at radius 1 is 1.28 bits per heavy atom. The molecular formula is C14H22N4. The Labute approximate surface area is 109 Å². The van der Waals surface area contributed by atoms with Crippen LogP contribution in [0.4, 0.5) is 5.82 Å². The van der Waals surface area contributed by atoms with Crippen LogP contribution in [-0.2, 0) is 6.54 Å². The molecule has 4 rings (SSSR count). The van der Waals surface area contributed by atoms with Crippen molar-refractivity contribution in [1.29, 1.82) is 0 Å². The van der Waals surface area contributed by atoms with Gasteiger partial charge in [0.1, 0.15) is 5.82 Å². The Hall–Kier alpha value is -1.13. The maximum Gasteiger partial charge on any atom is 0.127 e. The summed E-state index contributed by atoms with van der Waals surface area (Å²) in [7, 11) is 6.28. The Bertz CT molecular complexity index is 402. The summed E-state index contributed by atoms with van der Waals surface area (Å²) in [5, 5.41) is 0. The zero-order chi connectivity index (χ0) is 12.7. The molecule has 0 spiro atoms. The van der Waals surface area contributed by atoms with E-state index in [1.54, 1.807) is 0 Å². The zero-order valence-corrected chi connectivity index (χ0v) is 11.5. The van der Waals surface area contributed by atoms with Gasteiger partial charge in [0.25, 0.3) is 0 Å². The second-order valence-corrected chi connectivity index (χ2v) is 5.86. The van der Waals surface area contributed by atoms with Crippen molar-refractivity contribution in [2.45, 2.75) is 25.0 Å². The molecule has 0 aliphatic carbocycles. The van der Waals surface area contributed by atoms with Crippen molar-refractivity contribution in [2.75, 3.05) is 39.1 Å². The largest absolute Gasteiger partial charge is 0.363 e. The molecule has 1 aromatic heterocycles. The molecule has 98 valence electrons. The molecule has 0 aromatic carbocycles. The first kappa shape index (κ1) is 11.9. The van der Waals surface area contributed by atoms with Gasteiger partial charge in [0.05, 0.1) is 0 Å². The quantitative estimate of drug-likeness (QED) is 0.794. The van der Waals surface area contributed by atoms with Crippen molar-refractivity contribution in [3.8, 4) is 0 Å². The summed E-state index contributed by atoms with van der Waals surface area (Å²) in [6, 6.07) is 5.85. The predicted molar refractivity (Wildman–Crippen MR) is 73.8 cm³/mol. The molecule has 3 fully saturated rings. The summed E-state index contributed by atoms with van der Waals surface area (Å²) >= 11 is 0. The predicted octanol–water partition coefficient (Wildman–Crippen LogP) is 1.04. The van der Waals surface area contributed by atoms with E-state index in [-0.39, 0.29) is 0 Å². The average Bonchev–Trinajstić information content (AvgIpc) is 2.36. The number of rotatable bonds is 3. The highest BCUT2D eigenvalue weighted by atomic mass is 15.3. The molecule has 3 aliphatic heterocycles. The third kappa shape index (κ3) is 2.10. The number of hydrogen-bond donors (Lipinski definition) is 0. The summed E-state index contributed by atoms with van der Waals surface area (Å²) in [6.45, 7) is 3.50. The third-order valence-electron chi connectivity index (χ3n) is 4.16. The fourth-order valence-corrected chi connectivity index (χ4v) is 3.14. The smallest absolute Gasteiger partial charge is 0.127 e. The second kappa shape index (κ2) is 4.52. The summed E-state index contributed by atoms with van der Waals surface area (Å²) < 4.78 is 0. The maximum absolute atomic E-state index is 4.49. The van der Waals surface area contributed by atoms with Crippen molar-refractivity contribution >= 4 is 5.82 Å². The van der Waals surface area contributed by atoms with E-state index in [9.17, 15) is 0 Å². The van der Waals surface area contributed by atoms with Gasteiger partial charge in [-0.15, -0.1) is 0 Å². The number of hydrogen-bond acceptors (Lipinski definition) is 4. The van der Waals surface area contributed by atoms with Crippen molar-refractivity contribution < 1.29 is 0 Å². The SMILES string of the molecule is CN1CC2CC(C1)N2Cc1ccc(N(C)C)nc1. The lowest BCUT2D eigenvalue weighted by molar-refractivity contribution is -0.0668. The van der Waals surface area contributed by atoms with E-state index < -0.39 is 0 Å². The molecule has 1 aromatic rings.